The van der Waals surface area contributed by atoms with Crippen molar-refractivity contribution >= 4 is 27.3 Å². The Morgan fingerprint density at radius 2 is 1.36 bits per heavy atom. The van der Waals surface area contributed by atoms with Crippen molar-refractivity contribution in [2.45, 2.75) is 13.8 Å². The Labute approximate surface area is 173 Å². The highest BCUT2D eigenvalue weighted by Gasteiger charge is 2.26. The molecule has 0 fully saturated rings. The van der Waals surface area contributed by atoms with Crippen LogP contribution in [0.2, 0.25) is 0 Å². The molecule has 0 unspecified atom stereocenters. The first-order valence-corrected chi connectivity index (χ1v) is 10.1. The van der Waals surface area contributed by atoms with Gasteiger partial charge in [0.1, 0.15) is 11.5 Å². The van der Waals surface area contributed by atoms with Crippen LogP contribution in [-0.2, 0) is 0 Å². The highest BCUT2D eigenvalue weighted by atomic mass is 79.9. The van der Waals surface area contributed by atoms with Gasteiger partial charge in [-0.2, -0.15) is 5.10 Å². The zero-order valence-corrected chi connectivity index (χ0v) is 17.4. The number of nitrogens with zero attached hydrogens (tertiary/aromatic N) is 1. The Balaban J connectivity index is 1.81. The van der Waals surface area contributed by atoms with Crippen molar-refractivity contribution in [1.82, 2.24) is 0 Å². The molecule has 4 nitrogen and oxygen atoms in total. The van der Waals surface area contributed by atoms with Gasteiger partial charge < -0.3 is 9.47 Å². The lowest BCUT2D eigenvalue weighted by Crippen LogP contribution is -2.04. The van der Waals surface area contributed by atoms with Crippen molar-refractivity contribution in [3.05, 3.63) is 76.3 Å². The first kappa shape index (κ1) is 18.6. The van der Waals surface area contributed by atoms with Crippen LogP contribution < -0.4 is 14.9 Å². The number of ether oxygens (including phenoxy) is 2. The summed E-state index contributed by atoms with van der Waals surface area (Å²) in [5.74, 6) is 1.68. The van der Waals surface area contributed by atoms with Crippen molar-refractivity contribution in [1.29, 1.82) is 0 Å². The monoisotopic (exact) mass is 436 g/mol. The largest absolute Gasteiger partial charge is 0.494 e. The van der Waals surface area contributed by atoms with Crippen molar-refractivity contribution in [2.75, 3.05) is 18.6 Å². The van der Waals surface area contributed by atoms with Crippen LogP contribution in [-0.4, -0.2) is 18.9 Å². The van der Waals surface area contributed by atoms with E-state index in [-0.39, 0.29) is 0 Å². The third kappa shape index (κ3) is 3.50. The Hall–Kier alpha value is -2.79. The van der Waals surface area contributed by atoms with Crippen LogP contribution in [0.1, 0.15) is 25.0 Å². The number of hydrogen-bond acceptors (Lipinski definition) is 4. The molecule has 1 aliphatic rings. The number of para-hydroxylation sites is 1. The molecule has 3 aromatic rings. The molecule has 0 saturated heterocycles. The molecular formula is C23H21BrN2O2. The highest BCUT2D eigenvalue weighted by molar-refractivity contribution is 9.10. The molecule has 0 saturated carbocycles. The second-order valence-electron chi connectivity index (χ2n) is 6.33. The summed E-state index contributed by atoms with van der Waals surface area (Å²) < 4.78 is 12.4. The summed E-state index contributed by atoms with van der Waals surface area (Å²) in [6.45, 7) is 5.23. The minimum Gasteiger partial charge on any atom is -0.494 e. The van der Waals surface area contributed by atoms with E-state index in [0.717, 1.165) is 49.6 Å². The van der Waals surface area contributed by atoms with Gasteiger partial charge in [0.2, 0.25) is 0 Å². The van der Waals surface area contributed by atoms with Crippen molar-refractivity contribution in [2.24, 2.45) is 5.10 Å². The summed E-state index contributed by atoms with van der Waals surface area (Å²) in [5, 5.41) is 4.76. The topological polar surface area (TPSA) is 42.8 Å². The fourth-order valence-electron chi connectivity index (χ4n) is 3.35. The van der Waals surface area contributed by atoms with Crippen molar-refractivity contribution in [3.8, 4) is 22.6 Å². The Morgan fingerprint density at radius 3 is 1.89 bits per heavy atom. The second-order valence-corrected chi connectivity index (χ2v) is 7.19. The van der Waals surface area contributed by atoms with E-state index in [0.29, 0.717) is 13.2 Å². The SMILES string of the molecule is CCOc1ccc2c(c1)C(=NNc1ccccc1Br)c1cc(OCC)ccc1-2. The molecular weight excluding hydrogens is 416 g/mol. The maximum absolute atomic E-state index is 5.71. The van der Waals surface area contributed by atoms with Crippen molar-refractivity contribution in [3.63, 3.8) is 0 Å². The number of anilines is 1. The van der Waals surface area contributed by atoms with Gasteiger partial charge in [0.25, 0.3) is 0 Å². The quantitative estimate of drug-likeness (QED) is 0.371. The molecule has 0 radical (unpaired) electrons. The maximum atomic E-state index is 5.71. The standard InChI is InChI=1S/C23H21BrN2O2/c1-3-27-15-9-11-17-18-12-10-16(28-4-2)14-20(18)23(19(17)13-15)26-25-22-8-6-5-7-21(22)24/h5-14,25H,3-4H2,1-2H3. The molecule has 1 aliphatic carbocycles. The number of fused-ring (bicyclic) bond motifs is 3. The molecule has 142 valence electrons. The summed E-state index contributed by atoms with van der Waals surface area (Å²) in [5.41, 5.74) is 9.38. The normalized spacial score (nSPS) is 11.6. The fraction of sp³-hybridized carbons (Fsp3) is 0.174. The van der Waals surface area contributed by atoms with Crippen LogP contribution >= 0.6 is 15.9 Å². The van der Waals surface area contributed by atoms with Crippen molar-refractivity contribution < 1.29 is 9.47 Å². The minimum absolute atomic E-state index is 0.627. The number of halogens is 1. The zero-order valence-electron chi connectivity index (χ0n) is 15.8. The molecule has 4 rings (SSSR count). The van der Waals surface area contributed by atoms with Crippen LogP contribution in [0, 0.1) is 0 Å². The van der Waals surface area contributed by atoms with Gasteiger partial charge in [-0.3, -0.25) is 5.43 Å². The molecule has 1 N–H and O–H groups in total. The first-order valence-electron chi connectivity index (χ1n) is 9.34. The van der Waals surface area contributed by atoms with Gasteiger partial charge in [-0.05, 0) is 89.4 Å². The van der Waals surface area contributed by atoms with Gasteiger partial charge in [-0.25, -0.2) is 0 Å². The van der Waals surface area contributed by atoms with Gasteiger partial charge in [0.15, 0.2) is 0 Å². The van der Waals surface area contributed by atoms with E-state index in [9.17, 15) is 0 Å². The summed E-state index contributed by atoms with van der Waals surface area (Å²) in [7, 11) is 0. The summed E-state index contributed by atoms with van der Waals surface area (Å²) in [4.78, 5) is 0. The number of benzene rings is 3. The van der Waals surface area contributed by atoms with E-state index in [1.54, 1.807) is 0 Å². The molecule has 3 aromatic carbocycles. The summed E-state index contributed by atoms with van der Waals surface area (Å²) in [6.07, 6.45) is 0. The molecule has 28 heavy (non-hydrogen) atoms. The molecule has 0 aromatic heterocycles. The molecule has 0 spiro atoms. The van der Waals surface area contributed by atoms with E-state index in [1.165, 1.54) is 0 Å². The van der Waals surface area contributed by atoms with E-state index < -0.39 is 0 Å². The Bertz CT molecular complexity index is 989. The molecule has 0 atom stereocenters. The van der Waals surface area contributed by atoms with Crippen LogP contribution in [0.4, 0.5) is 5.69 Å². The fourth-order valence-corrected chi connectivity index (χ4v) is 3.73. The van der Waals surface area contributed by atoms with E-state index in [4.69, 9.17) is 14.6 Å². The van der Waals surface area contributed by atoms with Gasteiger partial charge in [0.05, 0.1) is 24.6 Å². The number of rotatable bonds is 6. The number of hydrogen-bond donors (Lipinski definition) is 1. The van der Waals surface area contributed by atoms with Gasteiger partial charge in [-0.15, -0.1) is 0 Å². The lowest BCUT2D eigenvalue weighted by molar-refractivity contribution is 0.340. The lowest BCUT2D eigenvalue weighted by Gasteiger charge is -2.08. The zero-order chi connectivity index (χ0) is 19.5. The van der Waals surface area contributed by atoms with Gasteiger partial charge >= 0.3 is 0 Å². The first-order chi connectivity index (χ1) is 13.7. The molecule has 0 amide bonds. The van der Waals surface area contributed by atoms with E-state index >= 15 is 0 Å². The molecule has 0 bridgehead atoms. The van der Waals surface area contributed by atoms with Gasteiger partial charge in [0, 0.05) is 15.6 Å². The van der Waals surface area contributed by atoms with Gasteiger partial charge in [-0.1, -0.05) is 12.1 Å². The molecule has 5 heteroatoms. The Morgan fingerprint density at radius 1 is 0.786 bits per heavy atom. The van der Waals surface area contributed by atoms with Crippen LogP contribution in [0.3, 0.4) is 0 Å². The summed E-state index contributed by atoms with van der Waals surface area (Å²) in [6, 6.07) is 20.2. The van der Waals surface area contributed by atoms with Crippen LogP contribution in [0.25, 0.3) is 11.1 Å². The highest BCUT2D eigenvalue weighted by Crippen LogP contribution is 2.40. The predicted molar refractivity (Wildman–Crippen MR) is 118 cm³/mol. The molecule has 0 heterocycles. The minimum atomic E-state index is 0.627. The third-order valence-corrected chi connectivity index (χ3v) is 5.26. The number of hydrazone groups is 1. The maximum Gasteiger partial charge on any atom is 0.119 e. The molecule has 0 aliphatic heterocycles. The average Bonchev–Trinajstić information content (AvgIpc) is 3.00. The predicted octanol–water partition coefficient (Wildman–Crippen LogP) is 6.09. The third-order valence-electron chi connectivity index (χ3n) is 4.57. The lowest BCUT2D eigenvalue weighted by atomic mass is 10.1. The number of nitrogens with one attached hydrogen (secondary N) is 1. The van der Waals surface area contributed by atoms with Crippen LogP contribution in [0.15, 0.2) is 70.2 Å². The second kappa shape index (κ2) is 8.07. The summed E-state index contributed by atoms with van der Waals surface area (Å²) >= 11 is 3.56. The Kier molecular flexibility index (Phi) is 5.35. The van der Waals surface area contributed by atoms with Crippen LogP contribution in [0.5, 0.6) is 11.5 Å². The average molecular weight is 437 g/mol. The van der Waals surface area contributed by atoms with E-state index in [2.05, 4.69) is 45.6 Å². The smallest absolute Gasteiger partial charge is 0.119 e. The van der Waals surface area contributed by atoms with E-state index in [1.807, 2.05) is 50.2 Å².